The van der Waals surface area contributed by atoms with Crippen LogP contribution in [0.2, 0.25) is 0 Å². The second-order valence-electron chi connectivity index (χ2n) is 9.78. The van der Waals surface area contributed by atoms with Crippen LogP contribution in [0.5, 0.6) is 0 Å². The molecule has 0 unspecified atom stereocenters. The summed E-state index contributed by atoms with van der Waals surface area (Å²) in [6.45, 7) is 15.1. The second kappa shape index (κ2) is 9.50. The summed E-state index contributed by atoms with van der Waals surface area (Å²) in [6.07, 6.45) is 1.39. The zero-order chi connectivity index (χ0) is 23.6. The molecule has 0 bridgehead atoms. The zero-order valence-corrected chi connectivity index (χ0v) is 21.0. The quantitative estimate of drug-likeness (QED) is 0.221. The van der Waals surface area contributed by atoms with Crippen LogP contribution in [0.4, 0.5) is 0 Å². The molecule has 0 aromatic heterocycles. The summed E-state index contributed by atoms with van der Waals surface area (Å²) in [7, 11) is 0. The number of hydrogen-bond acceptors (Lipinski definition) is 3. The van der Waals surface area contributed by atoms with Gasteiger partial charge in [-0.05, 0) is 96.0 Å². The van der Waals surface area contributed by atoms with Gasteiger partial charge >= 0.3 is 0 Å². The van der Waals surface area contributed by atoms with E-state index in [1.54, 1.807) is 0 Å². The van der Waals surface area contributed by atoms with Crippen LogP contribution in [-0.4, -0.2) is 4.33 Å². The summed E-state index contributed by atoms with van der Waals surface area (Å²) in [5, 5.41) is 11.7. The molecule has 4 heteroatoms. The molecule has 0 aliphatic rings. The standard InChI is InChI=1S/C28H33NO2S/c1-18-10-8-11-19(2)25(18)16-22-14-24(28(5,6)7)15-23(27(22)32-29(30)31)17-26-20(3)12-9-13-21(26)4/h8-15H,16-17H2,1-7H3. The molecular formula is C28H33NO2S. The van der Waals surface area contributed by atoms with Crippen molar-refractivity contribution in [3.05, 3.63) is 109 Å². The number of hydrogen-bond donors (Lipinski definition) is 0. The Balaban J connectivity index is 2.24. The molecule has 0 spiro atoms. The van der Waals surface area contributed by atoms with Crippen molar-refractivity contribution in [2.75, 3.05) is 0 Å². The Hall–Kier alpha value is -2.59. The molecule has 3 aromatic rings. The Kier molecular flexibility index (Phi) is 7.14. The minimum atomic E-state index is -0.269. The first kappa shape index (κ1) is 24.1. The van der Waals surface area contributed by atoms with Crippen LogP contribution >= 0.6 is 11.9 Å². The molecular weight excluding hydrogens is 414 g/mol. The molecule has 0 radical (unpaired) electrons. The van der Waals surface area contributed by atoms with Crippen molar-refractivity contribution < 1.29 is 4.33 Å². The third-order valence-corrected chi connectivity index (χ3v) is 7.15. The van der Waals surface area contributed by atoms with E-state index in [1.807, 2.05) is 0 Å². The third kappa shape index (κ3) is 5.42. The topological polar surface area (TPSA) is 43.1 Å². The van der Waals surface area contributed by atoms with Crippen molar-refractivity contribution in [3.8, 4) is 0 Å². The average Bonchev–Trinajstić information content (AvgIpc) is 2.68. The highest BCUT2D eigenvalue weighted by molar-refractivity contribution is 7.93. The van der Waals surface area contributed by atoms with E-state index >= 15 is 0 Å². The van der Waals surface area contributed by atoms with Gasteiger partial charge in [-0.15, -0.1) is 0 Å². The SMILES string of the molecule is Cc1cccc(C)c1Cc1cc(C(C)(C)C)cc(Cc2c(C)cccc2C)c1S[N+](=O)[O-]. The van der Waals surface area contributed by atoms with Gasteiger partial charge in [-0.1, -0.05) is 69.3 Å². The summed E-state index contributed by atoms with van der Waals surface area (Å²) in [5.74, 6) is 0. The van der Waals surface area contributed by atoms with Crippen molar-refractivity contribution in [2.24, 2.45) is 0 Å². The van der Waals surface area contributed by atoms with E-state index in [4.69, 9.17) is 0 Å². The lowest BCUT2D eigenvalue weighted by Gasteiger charge is -2.24. The van der Waals surface area contributed by atoms with Gasteiger partial charge in [0, 0.05) is 0 Å². The van der Waals surface area contributed by atoms with Crippen LogP contribution in [0.1, 0.15) is 70.8 Å². The molecule has 32 heavy (non-hydrogen) atoms. The molecule has 0 aliphatic heterocycles. The normalized spacial score (nSPS) is 11.6. The molecule has 3 aromatic carbocycles. The van der Waals surface area contributed by atoms with Crippen LogP contribution in [0, 0.1) is 37.8 Å². The highest BCUT2D eigenvalue weighted by atomic mass is 32.2. The molecule has 168 valence electrons. The number of benzene rings is 3. The average molecular weight is 448 g/mol. The second-order valence-corrected chi connectivity index (χ2v) is 10.7. The first-order chi connectivity index (χ1) is 15.0. The summed E-state index contributed by atoms with van der Waals surface area (Å²) in [5.41, 5.74) is 10.6. The van der Waals surface area contributed by atoms with E-state index in [0.29, 0.717) is 12.8 Å². The van der Waals surface area contributed by atoms with Gasteiger partial charge in [0.15, 0.2) is 0 Å². The third-order valence-electron chi connectivity index (χ3n) is 6.30. The molecule has 0 aliphatic carbocycles. The Bertz CT molecular complexity index is 1040. The Morgan fingerprint density at radius 1 is 0.781 bits per heavy atom. The first-order valence-electron chi connectivity index (χ1n) is 11.1. The highest BCUT2D eigenvalue weighted by Crippen LogP contribution is 2.37. The molecule has 0 atom stereocenters. The predicted octanol–water partition coefficient (Wildman–Crippen LogP) is 7.68. The summed E-state index contributed by atoms with van der Waals surface area (Å²) >= 11 is 0.755. The van der Waals surface area contributed by atoms with E-state index in [-0.39, 0.29) is 9.74 Å². The van der Waals surface area contributed by atoms with Gasteiger partial charge in [-0.2, -0.15) is 0 Å². The zero-order valence-electron chi connectivity index (χ0n) is 20.2. The maximum Gasteiger partial charge on any atom is 0.266 e. The van der Waals surface area contributed by atoms with Gasteiger partial charge in [-0.25, -0.2) is 0 Å². The lowest BCUT2D eigenvalue weighted by molar-refractivity contribution is -0.284. The lowest BCUT2D eigenvalue weighted by atomic mass is 9.82. The number of nitrogens with zero attached hydrogens (tertiary/aromatic N) is 1. The Labute approximate surface area is 196 Å². The first-order valence-corrected chi connectivity index (χ1v) is 11.8. The van der Waals surface area contributed by atoms with Crippen molar-refractivity contribution in [3.63, 3.8) is 0 Å². The van der Waals surface area contributed by atoms with Gasteiger partial charge in [0.25, 0.3) is 11.9 Å². The smallest absolute Gasteiger partial charge is 0.250 e. The van der Waals surface area contributed by atoms with Crippen LogP contribution in [0.25, 0.3) is 0 Å². The van der Waals surface area contributed by atoms with Crippen LogP contribution in [0.15, 0.2) is 53.4 Å². The van der Waals surface area contributed by atoms with E-state index in [0.717, 1.165) is 28.0 Å². The van der Waals surface area contributed by atoms with Crippen molar-refractivity contribution in [1.29, 1.82) is 0 Å². The van der Waals surface area contributed by atoms with E-state index in [9.17, 15) is 10.1 Å². The fraction of sp³-hybridized carbons (Fsp3) is 0.357. The summed E-state index contributed by atoms with van der Waals surface area (Å²) in [6, 6.07) is 17.0. The van der Waals surface area contributed by atoms with Gasteiger partial charge in [0.1, 0.15) is 4.33 Å². The Morgan fingerprint density at radius 2 is 1.16 bits per heavy atom. The molecule has 0 amide bonds. The molecule has 0 heterocycles. The summed E-state index contributed by atoms with van der Waals surface area (Å²) in [4.78, 5) is 12.5. The van der Waals surface area contributed by atoms with Gasteiger partial charge in [-0.3, -0.25) is 10.1 Å². The van der Waals surface area contributed by atoms with Crippen LogP contribution < -0.4 is 0 Å². The van der Waals surface area contributed by atoms with Crippen molar-refractivity contribution in [1.82, 2.24) is 0 Å². The van der Waals surface area contributed by atoms with E-state index < -0.39 is 0 Å². The minimum absolute atomic E-state index is 0.0527. The van der Waals surface area contributed by atoms with Gasteiger partial charge < -0.3 is 0 Å². The highest BCUT2D eigenvalue weighted by Gasteiger charge is 2.24. The maximum absolute atomic E-state index is 11.7. The molecule has 0 saturated carbocycles. The molecule has 0 saturated heterocycles. The maximum atomic E-state index is 11.7. The lowest BCUT2D eigenvalue weighted by Crippen LogP contribution is -2.14. The predicted molar refractivity (Wildman–Crippen MR) is 135 cm³/mol. The van der Waals surface area contributed by atoms with Crippen LogP contribution in [0.3, 0.4) is 0 Å². The van der Waals surface area contributed by atoms with E-state index in [1.165, 1.54) is 38.9 Å². The molecule has 0 N–H and O–H groups in total. The van der Waals surface area contributed by atoms with Crippen molar-refractivity contribution >= 4 is 11.9 Å². The summed E-state index contributed by atoms with van der Waals surface area (Å²) < 4.78 is -0.269. The van der Waals surface area contributed by atoms with Gasteiger partial charge in [0.2, 0.25) is 0 Å². The van der Waals surface area contributed by atoms with Crippen molar-refractivity contribution in [2.45, 2.75) is 71.6 Å². The monoisotopic (exact) mass is 447 g/mol. The number of aryl methyl sites for hydroxylation is 4. The number of nitro groups is 1. The largest absolute Gasteiger partial charge is 0.266 e. The Morgan fingerprint density at radius 3 is 1.47 bits per heavy atom. The fourth-order valence-electron chi connectivity index (χ4n) is 4.28. The molecule has 3 nitrogen and oxygen atoms in total. The van der Waals surface area contributed by atoms with E-state index in [2.05, 4.69) is 97.0 Å². The van der Waals surface area contributed by atoms with Crippen LogP contribution in [-0.2, 0) is 18.3 Å². The minimum Gasteiger partial charge on any atom is -0.250 e. The van der Waals surface area contributed by atoms with Gasteiger partial charge in [0.05, 0.1) is 4.90 Å². The molecule has 3 rings (SSSR count). The molecule has 0 fully saturated rings. The number of rotatable bonds is 6. The fourth-order valence-corrected chi connectivity index (χ4v) is 4.92.